The Morgan fingerprint density at radius 1 is 1.00 bits per heavy atom. The number of rotatable bonds is 5. The van der Waals surface area contributed by atoms with E-state index < -0.39 is 12.0 Å². The van der Waals surface area contributed by atoms with Crippen molar-refractivity contribution in [3.8, 4) is 11.5 Å². The van der Waals surface area contributed by atoms with Crippen molar-refractivity contribution in [1.29, 1.82) is 0 Å². The van der Waals surface area contributed by atoms with Gasteiger partial charge < -0.3 is 14.8 Å². The van der Waals surface area contributed by atoms with Crippen LogP contribution in [0.3, 0.4) is 0 Å². The average Bonchev–Trinajstić information content (AvgIpc) is 2.79. The van der Waals surface area contributed by atoms with Gasteiger partial charge in [0.05, 0.1) is 6.21 Å². The molecule has 0 aromatic heterocycles. The van der Waals surface area contributed by atoms with Crippen LogP contribution >= 0.6 is 0 Å². The zero-order valence-electron chi connectivity index (χ0n) is 16.9. The van der Waals surface area contributed by atoms with Gasteiger partial charge in [0.25, 0.3) is 11.8 Å². The third kappa shape index (κ3) is 5.08. The summed E-state index contributed by atoms with van der Waals surface area (Å²) in [5.41, 5.74) is 5.47. The highest BCUT2D eigenvalue weighted by atomic mass is 16.6. The number of ether oxygens (including phenoxy) is 2. The van der Waals surface area contributed by atoms with Gasteiger partial charge in [0, 0.05) is 11.3 Å². The lowest BCUT2D eigenvalue weighted by atomic mass is 10.1. The van der Waals surface area contributed by atoms with Gasteiger partial charge in [-0.25, -0.2) is 5.43 Å². The highest BCUT2D eigenvalue weighted by molar-refractivity contribution is 6.04. The number of benzene rings is 3. The van der Waals surface area contributed by atoms with Crippen LogP contribution in [0.25, 0.3) is 0 Å². The molecule has 7 nitrogen and oxygen atoms in total. The van der Waals surface area contributed by atoms with Gasteiger partial charge in [0.2, 0.25) is 6.10 Å². The molecule has 7 heteroatoms. The molecule has 156 valence electrons. The molecule has 3 aromatic rings. The maximum atomic E-state index is 12.4. The summed E-state index contributed by atoms with van der Waals surface area (Å²) in [6.07, 6.45) is 0.712. The van der Waals surface area contributed by atoms with Crippen molar-refractivity contribution in [3.63, 3.8) is 0 Å². The molecule has 0 spiro atoms. The number of para-hydroxylation sites is 2. The number of nitrogens with one attached hydrogen (secondary N) is 2. The second-order valence-corrected chi connectivity index (χ2v) is 7.04. The van der Waals surface area contributed by atoms with Crippen molar-refractivity contribution in [2.75, 3.05) is 11.9 Å². The Morgan fingerprint density at radius 2 is 1.77 bits per heavy atom. The van der Waals surface area contributed by atoms with Crippen LogP contribution in [0, 0.1) is 6.92 Å². The summed E-state index contributed by atoms with van der Waals surface area (Å²) >= 11 is 0. The molecule has 31 heavy (non-hydrogen) atoms. The van der Waals surface area contributed by atoms with Crippen LogP contribution in [0.15, 0.2) is 77.9 Å². The van der Waals surface area contributed by atoms with E-state index in [0.29, 0.717) is 28.3 Å². The molecule has 4 rings (SSSR count). The van der Waals surface area contributed by atoms with E-state index in [0.717, 1.165) is 5.56 Å². The van der Waals surface area contributed by atoms with Gasteiger partial charge in [-0.05, 0) is 48.9 Å². The number of nitrogens with zero attached hydrogens (tertiary/aromatic N) is 1. The minimum Gasteiger partial charge on any atom is -0.485 e. The van der Waals surface area contributed by atoms with Crippen molar-refractivity contribution in [2.24, 2.45) is 5.10 Å². The van der Waals surface area contributed by atoms with E-state index in [1.165, 1.54) is 6.21 Å². The van der Waals surface area contributed by atoms with E-state index in [2.05, 4.69) is 15.8 Å². The largest absolute Gasteiger partial charge is 0.485 e. The van der Waals surface area contributed by atoms with Crippen LogP contribution in [0.2, 0.25) is 0 Å². The van der Waals surface area contributed by atoms with Crippen LogP contribution in [-0.2, 0) is 4.79 Å². The lowest BCUT2D eigenvalue weighted by Crippen LogP contribution is -2.42. The highest BCUT2D eigenvalue weighted by Gasteiger charge is 2.26. The molecule has 3 aromatic carbocycles. The quantitative estimate of drug-likeness (QED) is 0.493. The lowest BCUT2D eigenvalue weighted by Gasteiger charge is -2.24. The first-order valence-electron chi connectivity index (χ1n) is 9.78. The first-order chi connectivity index (χ1) is 15.1. The van der Waals surface area contributed by atoms with E-state index in [1.807, 2.05) is 37.3 Å². The number of anilines is 1. The van der Waals surface area contributed by atoms with Gasteiger partial charge in [-0.3, -0.25) is 9.59 Å². The molecule has 0 radical (unpaired) electrons. The smallest absolute Gasteiger partial charge is 0.284 e. The highest BCUT2D eigenvalue weighted by Crippen LogP contribution is 2.30. The molecular formula is C24H21N3O4. The second-order valence-electron chi connectivity index (χ2n) is 7.04. The number of carbonyl (C=O) groups is 2. The summed E-state index contributed by atoms with van der Waals surface area (Å²) in [6.45, 7) is 2.08. The molecule has 2 amide bonds. The summed E-state index contributed by atoms with van der Waals surface area (Å²) < 4.78 is 11.2. The zero-order valence-corrected chi connectivity index (χ0v) is 16.9. The Balaban J connectivity index is 1.34. The Hall–Kier alpha value is -4.13. The number of fused-ring (bicyclic) bond motifs is 1. The number of carbonyl (C=O) groups excluding carboxylic acids is 2. The number of hydrogen-bond acceptors (Lipinski definition) is 5. The molecule has 0 saturated heterocycles. The van der Waals surface area contributed by atoms with E-state index in [1.54, 1.807) is 42.5 Å². The predicted octanol–water partition coefficient (Wildman–Crippen LogP) is 3.54. The van der Waals surface area contributed by atoms with Crippen molar-refractivity contribution in [1.82, 2.24) is 5.43 Å². The fraction of sp³-hybridized carbons (Fsp3) is 0.125. The fourth-order valence-electron chi connectivity index (χ4n) is 3.00. The van der Waals surface area contributed by atoms with E-state index in [4.69, 9.17) is 9.47 Å². The summed E-state index contributed by atoms with van der Waals surface area (Å²) in [6, 6.07) is 21.7. The van der Waals surface area contributed by atoms with Gasteiger partial charge >= 0.3 is 0 Å². The molecule has 1 aliphatic heterocycles. The minimum absolute atomic E-state index is 0.110. The van der Waals surface area contributed by atoms with Gasteiger partial charge in [-0.15, -0.1) is 0 Å². The normalized spacial score (nSPS) is 14.8. The van der Waals surface area contributed by atoms with Gasteiger partial charge in [-0.1, -0.05) is 42.0 Å². The summed E-state index contributed by atoms with van der Waals surface area (Å²) in [7, 11) is 0. The molecule has 0 fully saturated rings. The predicted molar refractivity (Wildman–Crippen MR) is 118 cm³/mol. The number of amides is 2. The molecule has 0 saturated carbocycles. The molecule has 1 unspecified atom stereocenters. The van der Waals surface area contributed by atoms with Crippen LogP contribution in [0.4, 0.5) is 5.69 Å². The number of hydrogen-bond donors (Lipinski definition) is 2. The standard InChI is InChI=1S/C24H21N3O4/c1-16-9-11-18(12-10-16)23(28)26-19-6-4-5-17(13-19)14-25-27-24(29)22-15-30-20-7-2-3-8-21(20)31-22/h2-14,22H,15H2,1H3,(H,26,28)(H,27,29). The first-order valence-corrected chi connectivity index (χ1v) is 9.78. The van der Waals surface area contributed by atoms with Crippen LogP contribution < -0.4 is 20.2 Å². The zero-order chi connectivity index (χ0) is 21.6. The maximum Gasteiger partial charge on any atom is 0.284 e. The lowest BCUT2D eigenvalue weighted by molar-refractivity contribution is -0.130. The Kier molecular flexibility index (Phi) is 5.93. The summed E-state index contributed by atoms with van der Waals surface area (Å²) in [5.74, 6) is 0.529. The molecule has 0 bridgehead atoms. The summed E-state index contributed by atoms with van der Waals surface area (Å²) in [4.78, 5) is 24.7. The fourth-order valence-corrected chi connectivity index (χ4v) is 3.00. The van der Waals surface area contributed by atoms with Crippen LogP contribution in [0.5, 0.6) is 11.5 Å². The van der Waals surface area contributed by atoms with Crippen molar-refractivity contribution in [2.45, 2.75) is 13.0 Å². The van der Waals surface area contributed by atoms with E-state index in [-0.39, 0.29) is 12.5 Å². The Labute approximate surface area is 179 Å². The third-order valence-corrected chi connectivity index (χ3v) is 4.65. The molecule has 1 heterocycles. The maximum absolute atomic E-state index is 12.4. The van der Waals surface area contributed by atoms with Gasteiger partial charge in [0.15, 0.2) is 11.5 Å². The summed E-state index contributed by atoms with van der Waals surface area (Å²) in [5, 5.41) is 6.84. The van der Waals surface area contributed by atoms with Crippen molar-refractivity contribution in [3.05, 3.63) is 89.5 Å². The molecular weight excluding hydrogens is 394 g/mol. The monoisotopic (exact) mass is 415 g/mol. The van der Waals surface area contributed by atoms with Crippen molar-refractivity contribution >= 4 is 23.7 Å². The SMILES string of the molecule is Cc1ccc(C(=O)Nc2cccc(C=NNC(=O)C3COc4ccccc4O3)c2)cc1. The molecule has 2 N–H and O–H groups in total. The average molecular weight is 415 g/mol. The van der Waals surface area contributed by atoms with E-state index >= 15 is 0 Å². The third-order valence-electron chi connectivity index (χ3n) is 4.65. The van der Waals surface area contributed by atoms with Crippen LogP contribution in [-0.4, -0.2) is 30.7 Å². The van der Waals surface area contributed by atoms with Crippen LogP contribution in [0.1, 0.15) is 21.5 Å². The molecule has 1 atom stereocenters. The van der Waals surface area contributed by atoms with Gasteiger partial charge in [-0.2, -0.15) is 5.10 Å². The minimum atomic E-state index is -0.785. The number of hydrazone groups is 1. The topological polar surface area (TPSA) is 89.0 Å². The molecule has 0 aliphatic carbocycles. The van der Waals surface area contributed by atoms with Gasteiger partial charge in [0.1, 0.15) is 6.61 Å². The first kappa shape index (κ1) is 20.2. The van der Waals surface area contributed by atoms with E-state index in [9.17, 15) is 9.59 Å². The molecule has 1 aliphatic rings. The number of aryl methyl sites for hydroxylation is 1. The Bertz CT molecular complexity index is 1130. The Morgan fingerprint density at radius 3 is 2.58 bits per heavy atom. The second kappa shape index (κ2) is 9.13. The van der Waals surface area contributed by atoms with Crippen molar-refractivity contribution < 1.29 is 19.1 Å².